The number of thiazole rings is 3. The predicted octanol–water partition coefficient (Wildman–Crippen LogP) is 4.10. The van der Waals surface area contributed by atoms with E-state index in [4.69, 9.17) is 24.1 Å². The Morgan fingerprint density at radius 2 is 1.73 bits per heavy atom. The molecule has 1 aromatic carbocycles. The van der Waals surface area contributed by atoms with Crippen molar-refractivity contribution in [3.63, 3.8) is 0 Å². The standard InChI is InChI=1S/C33H31N7O12S3/c1-3-9-51-33(48)40-21-12-23(22(49-2)11-16(21)26(43)39-8-4-6-20(39)27(40)44)50-10-5-7-24(41)37-30-34-17(13-53-30)25(42)38-31-35-19(15-54-31)29(47)52-32-36-18(14-55-32)28(45)46/h3,11-15,20,27,44H,1,4-10H2,2H3,(H,45,46)(H,34,37,41)(H,35,38,42)/t20-,27?/m0/s1. The van der Waals surface area contributed by atoms with E-state index in [0.29, 0.717) is 19.4 Å². The zero-order valence-electron chi connectivity index (χ0n) is 28.7. The monoisotopic (exact) mass is 813 g/mol. The van der Waals surface area contributed by atoms with Crippen LogP contribution in [0, 0.1) is 0 Å². The Hall–Kier alpha value is -5.97. The number of esters is 1. The van der Waals surface area contributed by atoms with E-state index >= 15 is 0 Å². The molecule has 3 aromatic heterocycles. The molecule has 55 heavy (non-hydrogen) atoms. The number of aromatic carboxylic acids is 1. The highest BCUT2D eigenvalue weighted by Gasteiger charge is 2.45. The number of methoxy groups -OCH3 is 1. The van der Waals surface area contributed by atoms with Crippen LogP contribution in [0.15, 0.2) is 40.9 Å². The zero-order valence-corrected chi connectivity index (χ0v) is 31.2. The number of aromatic nitrogens is 3. The van der Waals surface area contributed by atoms with E-state index in [1.54, 1.807) is 0 Å². The zero-order chi connectivity index (χ0) is 39.2. The van der Waals surface area contributed by atoms with Crippen molar-refractivity contribution < 1.29 is 57.9 Å². The molecule has 0 saturated carbocycles. The molecule has 4 aromatic rings. The summed E-state index contributed by atoms with van der Waals surface area (Å²) in [6.45, 7) is 3.88. The Morgan fingerprint density at radius 3 is 2.45 bits per heavy atom. The number of nitrogens with one attached hydrogen (secondary N) is 2. The molecule has 1 saturated heterocycles. The quantitative estimate of drug-likeness (QED) is 0.0795. The third-order valence-corrected chi connectivity index (χ3v) is 10.3. The van der Waals surface area contributed by atoms with E-state index in [0.717, 1.165) is 38.9 Å². The molecule has 0 bridgehead atoms. The van der Waals surface area contributed by atoms with Gasteiger partial charge in [0.25, 0.3) is 17.0 Å². The number of hydrogen-bond acceptors (Lipinski definition) is 17. The molecule has 6 rings (SSSR count). The average Bonchev–Trinajstić information content (AvgIpc) is 4.00. The van der Waals surface area contributed by atoms with E-state index < -0.39 is 42.1 Å². The lowest BCUT2D eigenvalue weighted by molar-refractivity contribution is -0.116. The number of amides is 4. The van der Waals surface area contributed by atoms with Crippen LogP contribution >= 0.6 is 34.0 Å². The number of carbonyl (C=O) groups is 6. The molecule has 0 radical (unpaired) electrons. The first-order chi connectivity index (χ1) is 26.5. The van der Waals surface area contributed by atoms with Gasteiger partial charge in [-0.1, -0.05) is 24.0 Å². The van der Waals surface area contributed by atoms with Gasteiger partial charge >= 0.3 is 18.0 Å². The molecule has 5 heterocycles. The topological polar surface area (TPSA) is 249 Å². The summed E-state index contributed by atoms with van der Waals surface area (Å²) in [6, 6.07) is 2.24. The fourth-order valence-corrected chi connectivity index (χ4v) is 7.60. The fraction of sp³-hybridized carbons (Fsp3) is 0.303. The lowest BCUT2D eigenvalue weighted by Gasteiger charge is -2.31. The second-order valence-corrected chi connectivity index (χ2v) is 14.1. The van der Waals surface area contributed by atoms with E-state index in [1.807, 2.05) is 0 Å². The molecular weight excluding hydrogens is 783 g/mol. The van der Waals surface area contributed by atoms with Crippen LogP contribution in [0.4, 0.5) is 20.7 Å². The van der Waals surface area contributed by atoms with Crippen molar-refractivity contribution in [2.24, 2.45) is 0 Å². The van der Waals surface area contributed by atoms with Gasteiger partial charge in [0, 0.05) is 35.2 Å². The number of nitrogens with zero attached hydrogens (tertiary/aromatic N) is 5. The maximum atomic E-state index is 13.5. The van der Waals surface area contributed by atoms with Crippen LogP contribution in [0.1, 0.15) is 67.5 Å². The largest absolute Gasteiger partial charge is 0.493 e. The molecule has 2 aliphatic heterocycles. The molecular formula is C33H31N7O12S3. The summed E-state index contributed by atoms with van der Waals surface area (Å²) in [7, 11) is 1.39. The van der Waals surface area contributed by atoms with Crippen LogP contribution in [0.5, 0.6) is 16.7 Å². The summed E-state index contributed by atoms with van der Waals surface area (Å²) in [5.74, 6) is -3.23. The Morgan fingerprint density at radius 1 is 1.00 bits per heavy atom. The third kappa shape index (κ3) is 8.72. The van der Waals surface area contributed by atoms with Gasteiger partial charge in [-0.05, 0) is 25.3 Å². The molecule has 0 aliphatic carbocycles. The Kier molecular flexibility index (Phi) is 12.0. The number of hydrogen-bond donors (Lipinski definition) is 4. The first-order valence-electron chi connectivity index (χ1n) is 16.3. The second kappa shape index (κ2) is 17.0. The van der Waals surface area contributed by atoms with Gasteiger partial charge in [-0.3, -0.25) is 19.7 Å². The Balaban J connectivity index is 1.02. The molecule has 1 unspecified atom stereocenters. The van der Waals surface area contributed by atoms with Gasteiger partial charge in [0.15, 0.2) is 39.4 Å². The van der Waals surface area contributed by atoms with Crippen molar-refractivity contribution in [3.05, 3.63) is 63.6 Å². The Labute approximate surface area is 323 Å². The molecule has 1 fully saturated rings. The molecule has 2 aliphatic rings. The SMILES string of the molecule is C=CCOC(=O)N1c2cc(OCCCC(=O)Nc3nc(C(=O)Nc4nc(C(=O)Oc5nc(C(=O)O)cs5)cs4)cs3)c(OC)cc2C(=O)N2CCC[C@H]2C1O. The van der Waals surface area contributed by atoms with Gasteiger partial charge in [-0.25, -0.2) is 29.3 Å². The second-order valence-electron chi connectivity index (χ2n) is 11.6. The molecule has 4 amide bonds. The number of rotatable bonds is 14. The summed E-state index contributed by atoms with van der Waals surface area (Å²) in [4.78, 5) is 89.9. The number of aliphatic hydroxyl groups is 1. The van der Waals surface area contributed by atoms with Crippen molar-refractivity contribution in [2.75, 3.05) is 42.4 Å². The number of aliphatic hydroxyl groups excluding tert-OH is 1. The number of anilines is 3. The van der Waals surface area contributed by atoms with Crippen molar-refractivity contribution >= 4 is 85.7 Å². The summed E-state index contributed by atoms with van der Waals surface area (Å²) < 4.78 is 21.7. The van der Waals surface area contributed by atoms with Crippen LogP contribution in [0.25, 0.3) is 0 Å². The first-order valence-corrected chi connectivity index (χ1v) is 18.9. The summed E-state index contributed by atoms with van der Waals surface area (Å²) >= 11 is 2.78. The van der Waals surface area contributed by atoms with Crippen LogP contribution < -0.4 is 29.7 Å². The van der Waals surface area contributed by atoms with Crippen LogP contribution in [0.2, 0.25) is 0 Å². The first kappa shape index (κ1) is 38.7. The lowest BCUT2D eigenvalue weighted by Crippen LogP contribution is -2.50. The minimum Gasteiger partial charge on any atom is -0.493 e. The van der Waals surface area contributed by atoms with Gasteiger partial charge in [0.05, 0.1) is 31.0 Å². The van der Waals surface area contributed by atoms with Gasteiger partial charge in [-0.2, -0.15) is 4.98 Å². The minimum absolute atomic E-state index is 0.00118. The number of carboxylic acids is 1. The van der Waals surface area contributed by atoms with E-state index in [2.05, 4.69) is 32.2 Å². The molecule has 2 atom stereocenters. The van der Waals surface area contributed by atoms with Gasteiger partial charge in [-0.15, -0.1) is 22.7 Å². The highest BCUT2D eigenvalue weighted by molar-refractivity contribution is 7.14. The van der Waals surface area contributed by atoms with Gasteiger partial charge < -0.3 is 39.4 Å². The third-order valence-electron chi connectivity index (χ3n) is 8.07. The molecule has 288 valence electrons. The average molecular weight is 814 g/mol. The number of fused-ring (bicyclic) bond motifs is 2. The van der Waals surface area contributed by atoms with Crippen molar-refractivity contribution in [2.45, 2.75) is 38.0 Å². The summed E-state index contributed by atoms with van der Waals surface area (Å²) in [6.07, 6.45) is 0.522. The van der Waals surface area contributed by atoms with E-state index in [1.165, 1.54) is 46.4 Å². The highest BCUT2D eigenvalue weighted by Crippen LogP contribution is 2.41. The van der Waals surface area contributed by atoms with Crippen molar-refractivity contribution in [1.82, 2.24) is 19.9 Å². The number of ether oxygens (including phenoxy) is 4. The summed E-state index contributed by atoms with van der Waals surface area (Å²) in [5, 5.41) is 29.4. The summed E-state index contributed by atoms with van der Waals surface area (Å²) in [5.41, 5.74) is -0.217. The van der Waals surface area contributed by atoms with Crippen LogP contribution in [-0.2, 0) is 9.53 Å². The van der Waals surface area contributed by atoms with E-state index in [-0.39, 0.29) is 87.3 Å². The van der Waals surface area contributed by atoms with Gasteiger partial charge in [0.1, 0.15) is 12.3 Å². The number of benzene rings is 1. The van der Waals surface area contributed by atoms with Crippen molar-refractivity contribution in [1.29, 1.82) is 0 Å². The van der Waals surface area contributed by atoms with Crippen LogP contribution in [0.3, 0.4) is 0 Å². The van der Waals surface area contributed by atoms with Crippen LogP contribution in [-0.4, -0.2) is 105 Å². The van der Waals surface area contributed by atoms with Crippen molar-refractivity contribution in [3.8, 4) is 16.7 Å². The normalized spacial score (nSPS) is 16.0. The van der Waals surface area contributed by atoms with Gasteiger partial charge in [0.2, 0.25) is 5.91 Å². The number of carbonyl (C=O) groups excluding carboxylic acids is 5. The highest BCUT2D eigenvalue weighted by atomic mass is 32.1. The molecule has 22 heteroatoms. The van der Waals surface area contributed by atoms with E-state index in [9.17, 15) is 33.9 Å². The maximum Gasteiger partial charge on any atom is 0.416 e. The molecule has 4 N–H and O–H groups in total. The lowest BCUT2D eigenvalue weighted by atomic mass is 10.1. The number of carboxylic acid groups (broad SMARTS) is 1. The minimum atomic E-state index is -1.38. The fourth-order valence-electron chi connectivity index (χ4n) is 5.57. The Bertz CT molecular complexity index is 2150. The smallest absolute Gasteiger partial charge is 0.416 e. The molecule has 19 nitrogen and oxygen atoms in total. The maximum absolute atomic E-state index is 13.5. The molecule has 0 spiro atoms. The predicted molar refractivity (Wildman–Crippen MR) is 197 cm³/mol.